The number of carbonyl (C=O) groups is 2. The van der Waals surface area contributed by atoms with Gasteiger partial charge >= 0.3 is 5.97 Å². The Bertz CT molecular complexity index is 460. The Kier molecular flexibility index (Phi) is 4.16. The lowest BCUT2D eigenvalue weighted by Gasteiger charge is -2.34. The van der Waals surface area contributed by atoms with E-state index in [4.69, 9.17) is 9.84 Å². The molecule has 1 fully saturated rings. The van der Waals surface area contributed by atoms with Crippen LogP contribution in [0.4, 0.5) is 0 Å². The number of ether oxygens (including phenoxy) is 1. The van der Waals surface area contributed by atoms with E-state index in [0.717, 1.165) is 5.56 Å². The molecule has 1 N–H and O–H groups in total. The third-order valence-electron chi connectivity index (χ3n) is 3.37. The highest BCUT2D eigenvalue weighted by molar-refractivity contribution is 5.88. The Labute approximate surface area is 111 Å². The van der Waals surface area contributed by atoms with Gasteiger partial charge in [-0.15, -0.1) is 0 Å². The molecule has 2 atom stereocenters. The van der Waals surface area contributed by atoms with E-state index in [9.17, 15) is 9.59 Å². The number of hydrogen-bond acceptors (Lipinski definition) is 3. The van der Waals surface area contributed by atoms with E-state index in [2.05, 4.69) is 0 Å². The first kappa shape index (κ1) is 13.5. The van der Waals surface area contributed by atoms with Crippen molar-refractivity contribution in [2.45, 2.75) is 18.9 Å². The van der Waals surface area contributed by atoms with E-state index in [1.54, 1.807) is 6.92 Å². The minimum absolute atomic E-state index is 0.0581. The zero-order valence-electron chi connectivity index (χ0n) is 10.8. The summed E-state index contributed by atoms with van der Waals surface area (Å²) in [5, 5.41) is 9.14. The van der Waals surface area contributed by atoms with Crippen LogP contribution in [0.1, 0.15) is 18.4 Å². The highest BCUT2D eigenvalue weighted by atomic mass is 16.5. The zero-order chi connectivity index (χ0) is 13.8. The van der Waals surface area contributed by atoms with Gasteiger partial charge in [0.25, 0.3) is 0 Å². The van der Waals surface area contributed by atoms with Gasteiger partial charge in [0.15, 0.2) is 6.04 Å². The predicted octanol–water partition coefficient (Wildman–Crippen LogP) is 1.10. The van der Waals surface area contributed by atoms with Crippen LogP contribution in [0.2, 0.25) is 0 Å². The van der Waals surface area contributed by atoms with Crippen LogP contribution in [-0.2, 0) is 14.3 Å². The molecule has 102 valence electrons. The Balaban J connectivity index is 2.15. The standard InChI is InChI=1S/C14H17NO4/c1-10(11-5-3-2-4-6-11)13(16)15-7-8-19-9-12(15)14(17)18/h2-6,10,12H,7-9H2,1H3,(H,17,18). The first-order valence-electron chi connectivity index (χ1n) is 6.27. The summed E-state index contributed by atoms with van der Waals surface area (Å²) in [7, 11) is 0. The maximum atomic E-state index is 12.4. The molecule has 1 aliphatic heterocycles. The van der Waals surface area contributed by atoms with Gasteiger partial charge in [-0.25, -0.2) is 4.79 Å². The maximum absolute atomic E-state index is 12.4. The lowest BCUT2D eigenvalue weighted by molar-refractivity contribution is -0.158. The minimum atomic E-state index is -1.02. The Hall–Kier alpha value is -1.88. The molecule has 1 aromatic rings. The van der Waals surface area contributed by atoms with Crippen molar-refractivity contribution in [3.63, 3.8) is 0 Å². The van der Waals surface area contributed by atoms with Crippen molar-refractivity contribution in [3.05, 3.63) is 35.9 Å². The Morgan fingerprint density at radius 3 is 2.68 bits per heavy atom. The van der Waals surface area contributed by atoms with Crippen LogP contribution >= 0.6 is 0 Å². The summed E-state index contributed by atoms with van der Waals surface area (Å²) in [6.45, 7) is 2.57. The molecule has 1 saturated heterocycles. The van der Waals surface area contributed by atoms with Crippen molar-refractivity contribution < 1.29 is 19.4 Å². The highest BCUT2D eigenvalue weighted by Gasteiger charge is 2.34. The molecule has 0 aliphatic carbocycles. The molecule has 19 heavy (non-hydrogen) atoms. The molecule has 1 aliphatic rings. The molecule has 5 heteroatoms. The van der Waals surface area contributed by atoms with Crippen molar-refractivity contribution in [1.82, 2.24) is 4.90 Å². The summed E-state index contributed by atoms with van der Waals surface area (Å²) < 4.78 is 5.13. The van der Waals surface area contributed by atoms with Crippen LogP contribution in [0.15, 0.2) is 30.3 Å². The van der Waals surface area contributed by atoms with E-state index in [-0.39, 0.29) is 18.4 Å². The second kappa shape index (κ2) is 5.84. The van der Waals surface area contributed by atoms with Crippen LogP contribution in [0.5, 0.6) is 0 Å². The van der Waals surface area contributed by atoms with Crippen molar-refractivity contribution in [2.24, 2.45) is 0 Å². The summed E-state index contributed by atoms with van der Waals surface area (Å²) in [6.07, 6.45) is 0. The second-order valence-electron chi connectivity index (χ2n) is 4.59. The second-order valence-corrected chi connectivity index (χ2v) is 4.59. The zero-order valence-corrected chi connectivity index (χ0v) is 10.8. The Morgan fingerprint density at radius 2 is 2.05 bits per heavy atom. The molecule has 1 amide bonds. The molecular weight excluding hydrogens is 246 g/mol. The van der Waals surface area contributed by atoms with Gasteiger partial charge in [0.05, 0.1) is 19.1 Å². The summed E-state index contributed by atoms with van der Waals surface area (Å²) in [5.41, 5.74) is 0.892. The molecule has 1 heterocycles. The quantitative estimate of drug-likeness (QED) is 0.887. The lowest BCUT2D eigenvalue weighted by Crippen LogP contribution is -2.53. The fourth-order valence-corrected chi connectivity index (χ4v) is 2.21. The van der Waals surface area contributed by atoms with Crippen LogP contribution in [0.3, 0.4) is 0 Å². The highest BCUT2D eigenvalue weighted by Crippen LogP contribution is 2.20. The Morgan fingerprint density at radius 1 is 1.37 bits per heavy atom. The number of benzene rings is 1. The molecule has 0 aromatic heterocycles. The maximum Gasteiger partial charge on any atom is 0.328 e. The van der Waals surface area contributed by atoms with Crippen molar-refractivity contribution in [1.29, 1.82) is 0 Å². The number of carboxylic acids is 1. The summed E-state index contributed by atoms with van der Waals surface area (Å²) in [5.74, 6) is -1.53. The van der Waals surface area contributed by atoms with E-state index in [1.807, 2.05) is 30.3 Å². The number of hydrogen-bond donors (Lipinski definition) is 1. The van der Waals surface area contributed by atoms with Crippen LogP contribution in [0.25, 0.3) is 0 Å². The minimum Gasteiger partial charge on any atom is -0.480 e. The van der Waals surface area contributed by atoms with Gasteiger partial charge in [0, 0.05) is 6.54 Å². The summed E-state index contributed by atoms with van der Waals surface area (Å²) in [4.78, 5) is 25.0. The van der Waals surface area contributed by atoms with E-state index < -0.39 is 12.0 Å². The lowest BCUT2D eigenvalue weighted by atomic mass is 9.99. The van der Waals surface area contributed by atoms with Gasteiger partial charge in [0.2, 0.25) is 5.91 Å². The third-order valence-corrected chi connectivity index (χ3v) is 3.37. The van der Waals surface area contributed by atoms with E-state index in [1.165, 1.54) is 4.90 Å². The molecule has 2 rings (SSSR count). The fraction of sp³-hybridized carbons (Fsp3) is 0.429. The molecule has 0 bridgehead atoms. The smallest absolute Gasteiger partial charge is 0.328 e. The van der Waals surface area contributed by atoms with Gasteiger partial charge in [-0.2, -0.15) is 0 Å². The number of amides is 1. The van der Waals surface area contributed by atoms with Crippen LogP contribution in [-0.4, -0.2) is 47.7 Å². The first-order valence-corrected chi connectivity index (χ1v) is 6.27. The molecule has 5 nitrogen and oxygen atoms in total. The number of rotatable bonds is 3. The van der Waals surface area contributed by atoms with Crippen LogP contribution < -0.4 is 0 Å². The monoisotopic (exact) mass is 263 g/mol. The molecule has 0 saturated carbocycles. The van der Waals surface area contributed by atoms with Gasteiger partial charge in [-0.1, -0.05) is 30.3 Å². The number of morpholine rings is 1. The molecule has 0 spiro atoms. The average Bonchev–Trinajstić information content (AvgIpc) is 2.46. The third kappa shape index (κ3) is 2.93. The normalized spacial score (nSPS) is 20.9. The number of nitrogens with zero attached hydrogens (tertiary/aromatic N) is 1. The summed E-state index contributed by atoms with van der Waals surface area (Å²) >= 11 is 0. The number of carboxylic acid groups (broad SMARTS) is 1. The van der Waals surface area contributed by atoms with E-state index in [0.29, 0.717) is 13.2 Å². The topological polar surface area (TPSA) is 66.8 Å². The van der Waals surface area contributed by atoms with Gasteiger partial charge < -0.3 is 14.7 Å². The molecule has 1 aromatic carbocycles. The largest absolute Gasteiger partial charge is 0.480 e. The van der Waals surface area contributed by atoms with Gasteiger partial charge in [-0.3, -0.25) is 4.79 Å². The summed E-state index contributed by atoms with van der Waals surface area (Å²) in [6, 6.07) is 8.49. The average molecular weight is 263 g/mol. The fourth-order valence-electron chi connectivity index (χ4n) is 2.21. The van der Waals surface area contributed by atoms with Gasteiger partial charge in [-0.05, 0) is 12.5 Å². The predicted molar refractivity (Wildman–Crippen MR) is 68.8 cm³/mol. The number of carbonyl (C=O) groups excluding carboxylic acids is 1. The van der Waals surface area contributed by atoms with Crippen molar-refractivity contribution in [2.75, 3.05) is 19.8 Å². The van der Waals surface area contributed by atoms with Crippen LogP contribution in [0, 0.1) is 0 Å². The van der Waals surface area contributed by atoms with E-state index >= 15 is 0 Å². The molecule has 0 radical (unpaired) electrons. The molecular formula is C14H17NO4. The first-order chi connectivity index (χ1) is 9.11. The molecule has 2 unspecified atom stereocenters. The van der Waals surface area contributed by atoms with Crippen molar-refractivity contribution in [3.8, 4) is 0 Å². The van der Waals surface area contributed by atoms with Gasteiger partial charge in [0.1, 0.15) is 0 Å². The SMILES string of the molecule is CC(C(=O)N1CCOCC1C(=O)O)c1ccccc1. The number of aliphatic carboxylic acids is 1. The van der Waals surface area contributed by atoms with Crippen molar-refractivity contribution >= 4 is 11.9 Å².